The Morgan fingerprint density at radius 3 is 2.65 bits per heavy atom. The molecule has 1 heterocycles. The van der Waals surface area contributed by atoms with E-state index in [0.29, 0.717) is 30.7 Å². The van der Waals surface area contributed by atoms with E-state index in [1.54, 1.807) is 0 Å². The van der Waals surface area contributed by atoms with Crippen molar-refractivity contribution in [1.29, 1.82) is 0 Å². The quantitative estimate of drug-likeness (QED) is 0.708. The van der Waals surface area contributed by atoms with Crippen molar-refractivity contribution in [3.05, 3.63) is 11.8 Å². The molecular weight excluding hydrogens is 216 g/mol. The number of H-pyrrole nitrogens is 1. The van der Waals surface area contributed by atoms with Crippen molar-refractivity contribution >= 4 is 11.7 Å². The zero-order valence-corrected chi connectivity index (χ0v) is 11.0. The number of carbonyl (C=O) groups excluding carboxylic acids is 1. The SMILES string of the molecule is CC(C)NCCC(=O)Nc1cc(C(C)C)[nH]n1. The summed E-state index contributed by atoms with van der Waals surface area (Å²) in [5.74, 6) is 0.971. The molecule has 0 spiro atoms. The summed E-state index contributed by atoms with van der Waals surface area (Å²) >= 11 is 0. The molecule has 1 rings (SSSR count). The van der Waals surface area contributed by atoms with Crippen molar-refractivity contribution in [3.8, 4) is 0 Å². The molecular formula is C12H22N4O. The lowest BCUT2D eigenvalue weighted by Gasteiger charge is -2.07. The van der Waals surface area contributed by atoms with Gasteiger partial charge in [-0.25, -0.2) is 0 Å². The lowest BCUT2D eigenvalue weighted by Crippen LogP contribution is -2.27. The largest absolute Gasteiger partial charge is 0.314 e. The average molecular weight is 238 g/mol. The van der Waals surface area contributed by atoms with Crippen LogP contribution in [0.15, 0.2) is 6.07 Å². The summed E-state index contributed by atoms with van der Waals surface area (Å²) in [6.45, 7) is 8.95. The fourth-order valence-electron chi connectivity index (χ4n) is 1.38. The highest BCUT2D eigenvalue weighted by Crippen LogP contribution is 2.14. The molecule has 0 aliphatic heterocycles. The molecule has 0 aromatic carbocycles. The van der Waals surface area contributed by atoms with Gasteiger partial charge in [0.25, 0.3) is 0 Å². The molecule has 0 atom stereocenters. The summed E-state index contributed by atoms with van der Waals surface area (Å²) in [7, 11) is 0. The highest BCUT2D eigenvalue weighted by Gasteiger charge is 2.07. The van der Waals surface area contributed by atoms with E-state index in [4.69, 9.17) is 0 Å². The number of carbonyl (C=O) groups is 1. The maximum absolute atomic E-state index is 11.6. The maximum Gasteiger partial charge on any atom is 0.226 e. The van der Waals surface area contributed by atoms with E-state index in [-0.39, 0.29) is 5.91 Å². The van der Waals surface area contributed by atoms with Crippen LogP contribution in [-0.2, 0) is 4.79 Å². The predicted octanol–water partition coefficient (Wildman–Crippen LogP) is 1.86. The standard InChI is InChI=1S/C12H22N4O/c1-8(2)10-7-11(16-15-10)14-12(17)5-6-13-9(3)4/h7-9,13H,5-6H2,1-4H3,(H2,14,15,16,17). The monoisotopic (exact) mass is 238 g/mol. The molecule has 0 bridgehead atoms. The lowest BCUT2D eigenvalue weighted by atomic mass is 10.1. The normalized spacial score (nSPS) is 11.2. The molecule has 3 N–H and O–H groups in total. The molecule has 17 heavy (non-hydrogen) atoms. The summed E-state index contributed by atoms with van der Waals surface area (Å²) in [5.41, 5.74) is 1.03. The van der Waals surface area contributed by atoms with Crippen LogP contribution in [0, 0.1) is 0 Å². The van der Waals surface area contributed by atoms with Crippen molar-refractivity contribution in [2.24, 2.45) is 0 Å². The number of nitrogens with one attached hydrogen (secondary N) is 3. The Morgan fingerprint density at radius 2 is 2.12 bits per heavy atom. The van der Waals surface area contributed by atoms with Crippen LogP contribution in [-0.4, -0.2) is 28.7 Å². The van der Waals surface area contributed by atoms with E-state index in [9.17, 15) is 4.79 Å². The third-order valence-corrected chi connectivity index (χ3v) is 2.39. The van der Waals surface area contributed by atoms with Gasteiger partial charge in [0.15, 0.2) is 5.82 Å². The fraction of sp³-hybridized carbons (Fsp3) is 0.667. The van der Waals surface area contributed by atoms with E-state index in [1.807, 2.05) is 6.07 Å². The number of aromatic nitrogens is 2. The predicted molar refractivity (Wildman–Crippen MR) is 69.1 cm³/mol. The van der Waals surface area contributed by atoms with Crippen LogP contribution in [0.4, 0.5) is 5.82 Å². The summed E-state index contributed by atoms with van der Waals surface area (Å²) in [6, 6.07) is 2.28. The molecule has 0 saturated carbocycles. The number of nitrogens with zero attached hydrogens (tertiary/aromatic N) is 1. The minimum absolute atomic E-state index is 0.0139. The van der Waals surface area contributed by atoms with Gasteiger partial charge in [-0.3, -0.25) is 9.89 Å². The highest BCUT2D eigenvalue weighted by atomic mass is 16.1. The topological polar surface area (TPSA) is 69.8 Å². The van der Waals surface area contributed by atoms with Crippen molar-refractivity contribution in [2.75, 3.05) is 11.9 Å². The van der Waals surface area contributed by atoms with Crippen molar-refractivity contribution in [2.45, 2.75) is 46.1 Å². The second kappa shape index (κ2) is 6.39. The number of anilines is 1. The minimum atomic E-state index is -0.0139. The Morgan fingerprint density at radius 1 is 1.41 bits per heavy atom. The summed E-state index contributed by atoms with van der Waals surface area (Å²) < 4.78 is 0. The molecule has 0 radical (unpaired) electrons. The number of rotatable bonds is 6. The van der Waals surface area contributed by atoms with Gasteiger partial charge < -0.3 is 10.6 Å². The number of hydrogen-bond donors (Lipinski definition) is 3. The lowest BCUT2D eigenvalue weighted by molar-refractivity contribution is -0.116. The fourth-order valence-corrected chi connectivity index (χ4v) is 1.38. The molecule has 0 saturated heterocycles. The first-order valence-corrected chi connectivity index (χ1v) is 6.07. The van der Waals surface area contributed by atoms with Crippen molar-refractivity contribution in [3.63, 3.8) is 0 Å². The van der Waals surface area contributed by atoms with Crippen LogP contribution in [0.5, 0.6) is 0 Å². The number of amides is 1. The molecule has 1 aromatic heterocycles. The van der Waals surface area contributed by atoms with Crippen LogP contribution in [0.3, 0.4) is 0 Å². The van der Waals surface area contributed by atoms with Gasteiger partial charge in [-0.1, -0.05) is 27.7 Å². The van der Waals surface area contributed by atoms with Gasteiger partial charge in [0.05, 0.1) is 0 Å². The number of hydrogen-bond acceptors (Lipinski definition) is 3. The Labute approximate surface area is 102 Å². The van der Waals surface area contributed by atoms with E-state index < -0.39 is 0 Å². The van der Waals surface area contributed by atoms with Gasteiger partial charge in [0, 0.05) is 30.8 Å². The highest BCUT2D eigenvalue weighted by molar-refractivity contribution is 5.89. The van der Waals surface area contributed by atoms with Gasteiger partial charge in [-0.15, -0.1) is 0 Å². The van der Waals surface area contributed by atoms with Gasteiger partial charge >= 0.3 is 0 Å². The van der Waals surface area contributed by atoms with Crippen LogP contribution in [0.25, 0.3) is 0 Å². The molecule has 0 unspecified atom stereocenters. The van der Waals surface area contributed by atoms with Crippen LogP contribution < -0.4 is 10.6 Å². The molecule has 0 fully saturated rings. The first kappa shape index (κ1) is 13.7. The molecule has 5 nitrogen and oxygen atoms in total. The van der Waals surface area contributed by atoms with Gasteiger partial charge in [-0.05, 0) is 5.92 Å². The third kappa shape index (κ3) is 4.99. The maximum atomic E-state index is 11.6. The third-order valence-electron chi connectivity index (χ3n) is 2.39. The van der Waals surface area contributed by atoms with Gasteiger partial charge in [-0.2, -0.15) is 5.10 Å². The summed E-state index contributed by atoms with van der Waals surface area (Å²) in [6.07, 6.45) is 0.460. The average Bonchev–Trinajstić information content (AvgIpc) is 2.65. The van der Waals surface area contributed by atoms with E-state index >= 15 is 0 Å². The van der Waals surface area contributed by atoms with Crippen LogP contribution in [0.2, 0.25) is 0 Å². The second-order valence-corrected chi connectivity index (χ2v) is 4.77. The minimum Gasteiger partial charge on any atom is -0.314 e. The zero-order chi connectivity index (χ0) is 12.8. The molecule has 1 aromatic rings. The molecule has 0 aliphatic rings. The molecule has 96 valence electrons. The van der Waals surface area contributed by atoms with Crippen molar-refractivity contribution in [1.82, 2.24) is 15.5 Å². The zero-order valence-electron chi connectivity index (χ0n) is 11.0. The first-order chi connectivity index (χ1) is 7.99. The molecule has 1 amide bonds. The second-order valence-electron chi connectivity index (χ2n) is 4.77. The van der Waals surface area contributed by atoms with E-state index in [2.05, 4.69) is 48.5 Å². The summed E-state index contributed by atoms with van der Waals surface area (Å²) in [5, 5.41) is 12.9. The van der Waals surface area contributed by atoms with Crippen LogP contribution >= 0.6 is 0 Å². The number of aromatic amines is 1. The van der Waals surface area contributed by atoms with Gasteiger partial charge in [0.2, 0.25) is 5.91 Å². The molecule has 0 aliphatic carbocycles. The Balaban J connectivity index is 2.34. The summed E-state index contributed by atoms with van der Waals surface area (Å²) in [4.78, 5) is 11.6. The smallest absolute Gasteiger partial charge is 0.226 e. The van der Waals surface area contributed by atoms with E-state index in [1.165, 1.54) is 0 Å². The Bertz CT molecular complexity index is 357. The van der Waals surface area contributed by atoms with Crippen LogP contribution in [0.1, 0.15) is 45.7 Å². The Hall–Kier alpha value is -1.36. The Kier molecular flexibility index (Phi) is 5.15. The van der Waals surface area contributed by atoms with Gasteiger partial charge in [0.1, 0.15) is 0 Å². The molecule has 5 heteroatoms. The van der Waals surface area contributed by atoms with Crippen molar-refractivity contribution < 1.29 is 4.79 Å². The first-order valence-electron chi connectivity index (χ1n) is 6.07. The van der Waals surface area contributed by atoms with E-state index in [0.717, 1.165) is 5.69 Å².